The number of carbonyl (C=O) groups is 1. The van der Waals surface area contributed by atoms with Crippen molar-refractivity contribution in [3.05, 3.63) is 12.0 Å². The van der Waals surface area contributed by atoms with Gasteiger partial charge in [0.2, 0.25) is 5.91 Å². The van der Waals surface area contributed by atoms with Crippen LogP contribution in [0, 0.1) is 12.8 Å². The second-order valence-electron chi connectivity index (χ2n) is 8.21. The van der Waals surface area contributed by atoms with Gasteiger partial charge in [-0.05, 0) is 32.6 Å². The third-order valence-corrected chi connectivity index (χ3v) is 8.28. The van der Waals surface area contributed by atoms with E-state index in [1.165, 1.54) is 10.7 Å². The molecule has 1 saturated carbocycles. The number of carbonyl (C=O) groups excluding carboxylic acids is 1. The lowest BCUT2D eigenvalue weighted by Gasteiger charge is -2.45. The lowest BCUT2D eigenvalue weighted by atomic mass is 9.88. The topological polar surface area (TPSA) is 84.7 Å². The first-order chi connectivity index (χ1) is 13.4. The molecule has 28 heavy (non-hydrogen) atoms. The number of rotatable bonds is 3. The van der Waals surface area contributed by atoms with Crippen LogP contribution in [0.4, 0.5) is 0 Å². The maximum atomic E-state index is 13.2. The Morgan fingerprint density at radius 3 is 2.54 bits per heavy atom. The van der Waals surface area contributed by atoms with Crippen LogP contribution in [0.15, 0.2) is 11.2 Å². The molecule has 1 aromatic heterocycles. The highest BCUT2D eigenvalue weighted by Gasteiger charge is 2.40. The molecule has 3 aliphatic rings. The third kappa shape index (κ3) is 3.59. The monoisotopic (exact) mass is 410 g/mol. The van der Waals surface area contributed by atoms with Gasteiger partial charge < -0.3 is 14.2 Å². The molecule has 3 heterocycles. The van der Waals surface area contributed by atoms with Crippen molar-refractivity contribution < 1.29 is 17.9 Å². The van der Waals surface area contributed by atoms with Crippen molar-refractivity contribution in [1.29, 1.82) is 0 Å². The minimum absolute atomic E-state index is 0.0931. The first-order valence-electron chi connectivity index (χ1n) is 10.3. The summed E-state index contributed by atoms with van der Waals surface area (Å²) in [5.74, 6) is 0.751. The molecule has 3 fully saturated rings. The van der Waals surface area contributed by atoms with Gasteiger partial charge in [0.25, 0.3) is 10.0 Å². The standard InChI is InChI=1S/C19H30N4O4S/c1-14-20-18(13-21(14)2)28(25,26)22-9-7-15(8-10-22)19(24)23-11-12-27-17-6-4-3-5-16(17)23/h13,15-17H,3-12H2,1-2H3. The molecule has 9 heteroatoms. The van der Waals surface area contributed by atoms with Gasteiger partial charge in [-0.15, -0.1) is 0 Å². The normalized spacial score (nSPS) is 27.6. The fourth-order valence-corrected chi connectivity index (χ4v) is 6.23. The van der Waals surface area contributed by atoms with Crippen molar-refractivity contribution in [1.82, 2.24) is 18.8 Å². The fourth-order valence-electron chi connectivity index (χ4n) is 4.73. The largest absolute Gasteiger partial charge is 0.374 e. The Kier molecular flexibility index (Phi) is 5.50. The molecular formula is C19H30N4O4S. The first kappa shape index (κ1) is 19.8. The summed E-state index contributed by atoms with van der Waals surface area (Å²) in [5.41, 5.74) is 0. The summed E-state index contributed by atoms with van der Waals surface area (Å²) < 4.78 is 34.8. The number of sulfonamides is 1. The predicted molar refractivity (Wildman–Crippen MR) is 103 cm³/mol. The van der Waals surface area contributed by atoms with Crippen LogP contribution in [-0.2, 0) is 26.6 Å². The lowest BCUT2D eigenvalue weighted by molar-refractivity contribution is -0.154. The molecule has 156 valence electrons. The summed E-state index contributed by atoms with van der Waals surface area (Å²) >= 11 is 0. The molecule has 4 rings (SSSR count). The number of ether oxygens (including phenoxy) is 1. The summed E-state index contributed by atoms with van der Waals surface area (Å²) in [6, 6.07) is 0.202. The van der Waals surface area contributed by atoms with Crippen molar-refractivity contribution in [2.75, 3.05) is 26.2 Å². The van der Waals surface area contributed by atoms with E-state index in [-0.39, 0.29) is 29.0 Å². The Morgan fingerprint density at radius 2 is 1.86 bits per heavy atom. The van der Waals surface area contributed by atoms with Gasteiger partial charge in [0, 0.05) is 38.8 Å². The number of nitrogens with zero attached hydrogens (tertiary/aromatic N) is 4. The van der Waals surface area contributed by atoms with Crippen LogP contribution in [0.25, 0.3) is 0 Å². The summed E-state index contributed by atoms with van der Waals surface area (Å²) in [5, 5.41) is 0.0931. The third-order valence-electron chi connectivity index (χ3n) is 6.51. The van der Waals surface area contributed by atoms with Gasteiger partial charge in [-0.1, -0.05) is 12.8 Å². The number of piperidine rings is 1. The second kappa shape index (κ2) is 7.76. The van der Waals surface area contributed by atoms with Gasteiger partial charge in [0.05, 0.1) is 18.8 Å². The zero-order valence-corrected chi connectivity index (χ0v) is 17.5. The molecule has 1 aliphatic carbocycles. The molecular weight excluding hydrogens is 380 g/mol. The molecule has 8 nitrogen and oxygen atoms in total. The van der Waals surface area contributed by atoms with E-state index in [9.17, 15) is 13.2 Å². The molecule has 0 aromatic carbocycles. The molecule has 0 bridgehead atoms. The maximum Gasteiger partial charge on any atom is 0.262 e. The number of aromatic nitrogens is 2. The van der Waals surface area contributed by atoms with Crippen molar-refractivity contribution in [2.45, 2.75) is 62.6 Å². The number of fused-ring (bicyclic) bond motifs is 1. The van der Waals surface area contributed by atoms with E-state index in [0.29, 0.717) is 44.9 Å². The van der Waals surface area contributed by atoms with Gasteiger partial charge in [-0.2, -0.15) is 4.31 Å². The summed E-state index contributed by atoms with van der Waals surface area (Å²) in [6.07, 6.45) is 7.24. The fraction of sp³-hybridized carbons (Fsp3) is 0.789. The molecule has 0 N–H and O–H groups in total. The summed E-state index contributed by atoms with van der Waals surface area (Å²) in [6.45, 7) is 3.79. The smallest absolute Gasteiger partial charge is 0.262 e. The van der Waals surface area contributed by atoms with E-state index in [4.69, 9.17) is 4.74 Å². The molecule has 2 unspecified atom stereocenters. The number of amides is 1. The van der Waals surface area contributed by atoms with E-state index in [1.54, 1.807) is 24.7 Å². The minimum atomic E-state index is -3.60. The van der Waals surface area contributed by atoms with Crippen LogP contribution in [-0.4, -0.2) is 71.5 Å². The molecule has 2 aliphatic heterocycles. The van der Waals surface area contributed by atoms with Gasteiger partial charge in [0.1, 0.15) is 5.82 Å². The highest BCUT2D eigenvalue weighted by molar-refractivity contribution is 7.89. The van der Waals surface area contributed by atoms with Crippen LogP contribution >= 0.6 is 0 Å². The van der Waals surface area contributed by atoms with E-state index in [1.807, 2.05) is 4.90 Å². The quantitative estimate of drug-likeness (QED) is 0.750. The molecule has 1 amide bonds. The van der Waals surface area contributed by atoms with Crippen LogP contribution < -0.4 is 0 Å². The number of morpholine rings is 1. The van der Waals surface area contributed by atoms with Crippen molar-refractivity contribution in [2.24, 2.45) is 13.0 Å². The predicted octanol–water partition coefficient (Wildman–Crippen LogP) is 1.30. The molecule has 2 atom stereocenters. The van der Waals surface area contributed by atoms with E-state index >= 15 is 0 Å². The highest BCUT2D eigenvalue weighted by Crippen LogP contribution is 2.31. The molecule has 0 radical (unpaired) electrons. The minimum Gasteiger partial charge on any atom is -0.374 e. The highest BCUT2D eigenvalue weighted by atomic mass is 32.2. The SMILES string of the molecule is Cc1nc(S(=O)(=O)N2CCC(C(=O)N3CCOC4CCCCC43)CC2)cn1C. The molecule has 1 aromatic rings. The maximum absolute atomic E-state index is 13.2. The Balaban J connectivity index is 1.40. The van der Waals surface area contributed by atoms with E-state index in [2.05, 4.69) is 4.98 Å². The summed E-state index contributed by atoms with van der Waals surface area (Å²) in [4.78, 5) is 19.4. The van der Waals surface area contributed by atoms with Crippen LogP contribution in [0.2, 0.25) is 0 Å². The number of aryl methyl sites for hydroxylation is 2. The van der Waals surface area contributed by atoms with E-state index in [0.717, 1.165) is 19.3 Å². The lowest BCUT2D eigenvalue weighted by Crippen LogP contribution is -2.57. The zero-order valence-electron chi connectivity index (χ0n) is 16.7. The van der Waals surface area contributed by atoms with Gasteiger partial charge in [-0.25, -0.2) is 13.4 Å². The van der Waals surface area contributed by atoms with Crippen LogP contribution in [0.3, 0.4) is 0 Å². The molecule has 0 spiro atoms. The second-order valence-corrected chi connectivity index (χ2v) is 10.1. The van der Waals surface area contributed by atoms with Gasteiger partial charge in [-0.3, -0.25) is 4.79 Å². The average molecular weight is 411 g/mol. The summed E-state index contributed by atoms with van der Waals surface area (Å²) in [7, 11) is -1.82. The Bertz CT molecular complexity index is 807. The molecule has 2 saturated heterocycles. The number of hydrogen-bond donors (Lipinski definition) is 0. The van der Waals surface area contributed by atoms with Crippen molar-refractivity contribution in [3.63, 3.8) is 0 Å². The number of imidazole rings is 1. The van der Waals surface area contributed by atoms with Crippen LogP contribution in [0.1, 0.15) is 44.3 Å². The van der Waals surface area contributed by atoms with Crippen molar-refractivity contribution in [3.8, 4) is 0 Å². The Hall–Kier alpha value is -1.45. The average Bonchev–Trinajstić information content (AvgIpc) is 3.06. The number of hydrogen-bond acceptors (Lipinski definition) is 5. The van der Waals surface area contributed by atoms with Crippen LogP contribution in [0.5, 0.6) is 0 Å². The Labute approximate surface area is 166 Å². The Morgan fingerprint density at radius 1 is 1.14 bits per heavy atom. The van der Waals surface area contributed by atoms with Gasteiger partial charge in [0.15, 0.2) is 5.03 Å². The van der Waals surface area contributed by atoms with Crippen molar-refractivity contribution >= 4 is 15.9 Å². The zero-order chi connectivity index (χ0) is 19.9. The first-order valence-corrected chi connectivity index (χ1v) is 11.7. The van der Waals surface area contributed by atoms with Gasteiger partial charge >= 0.3 is 0 Å². The van der Waals surface area contributed by atoms with E-state index < -0.39 is 10.0 Å².